The zero-order valence-corrected chi connectivity index (χ0v) is 18.5. The van der Waals surface area contributed by atoms with Crippen LogP contribution in [0.3, 0.4) is 0 Å². The van der Waals surface area contributed by atoms with E-state index in [1.54, 1.807) is 24.3 Å². The molecule has 8 heteroatoms. The monoisotopic (exact) mass is 458 g/mol. The molecule has 2 aromatic carbocycles. The number of halogens is 1. The van der Waals surface area contributed by atoms with Crippen LogP contribution in [0.4, 0.5) is 0 Å². The van der Waals surface area contributed by atoms with E-state index in [9.17, 15) is 13.2 Å². The number of benzene rings is 2. The first-order chi connectivity index (χ1) is 14.4. The molecular weight excluding hydrogens is 440 g/mol. The van der Waals surface area contributed by atoms with Crippen LogP contribution in [0.1, 0.15) is 16.0 Å². The summed E-state index contributed by atoms with van der Waals surface area (Å²) in [6.07, 6.45) is 0. The molecule has 0 spiro atoms. The maximum absolute atomic E-state index is 13.4. The molecule has 4 rings (SSSR count). The second kappa shape index (κ2) is 8.35. The standard InChI is InChI=1S/C22H19ClN2O3S2/c1-15-6-4-7-16-12-17(22(26)24-21(15)16)13-25(14-18-8-5-11-29-18)30(27,28)20-10-3-2-9-19(20)23/h2-12H,13-14H2,1H3,(H,24,26). The van der Waals surface area contributed by atoms with Gasteiger partial charge in [0.05, 0.1) is 10.5 Å². The normalized spacial score (nSPS) is 12.0. The number of rotatable bonds is 6. The number of hydrogen-bond donors (Lipinski definition) is 1. The summed E-state index contributed by atoms with van der Waals surface area (Å²) in [5.41, 5.74) is 1.78. The first kappa shape index (κ1) is 20.8. The number of aromatic amines is 1. The third-order valence-corrected chi connectivity index (χ3v) is 8.03. The van der Waals surface area contributed by atoms with Crippen molar-refractivity contribution >= 4 is 43.9 Å². The van der Waals surface area contributed by atoms with Gasteiger partial charge in [-0.25, -0.2) is 8.42 Å². The van der Waals surface area contributed by atoms with Crippen molar-refractivity contribution in [2.24, 2.45) is 0 Å². The van der Waals surface area contributed by atoms with Gasteiger partial charge in [-0.15, -0.1) is 11.3 Å². The van der Waals surface area contributed by atoms with Crippen molar-refractivity contribution in [1.29, 1.82) is 0 Å². The first-order valence-electron chi connectivity index (χ1n) is 9.25. The van der Waals surface area contributed by atoms with Gasteiger partial charge < -0.3 is 4.98 Å². The van der Waals surface area contributed by atoms with Crippen molar-refractivity contribution in [2.75, 3.05) is 0 Å². The summed E-state index contributed by atoms with van der Waals surface area (Å²) >= 11 is 7.65. The van der Waals surface area contributed by atoms with E-state index in [1.165, 1.54) is 21.7 Å². The summed E-state index contributed by atoms with van der Waals surface area (Å²) in [4.78, 5) is 16.5. The fraction of sp³-hybridized carbons (Fsp3) is 0.136. The van der Waals surface area contributed by atoms with Crippen molar-refractivity contribution in [3.05, 3.63) is 97.4 Å². The van der Waals surface area contributed by atoms with Gasteiger partial charge in [-0.3, -0.25) is 4.79 Å². The molecule has 2 heterocycles. The number of aryl methyl sites for hydroxylation is 1. The highest BCUT2D eigenvalue weighted by molar-refractivity contribution is 7.89. The Morgan fingerprint density at radius 1 is 1.03 bits per heavy atom. The number of fused-ring (bicyclic) bond motifs is 1. The minimum atomic E-state index is -3.93. The van der Waals surface area contributed by atoms with Crippen LogP contribution in [0, 0.1) is 6.92 Å². The van der Waals surface area contributed by atoms with Gasteiger partial charge >= 0.3 is 0 Å². The van der Waals surface area contributed by atoms with Crippen molar-refractivity contribution in [3.8, 4) is 0 Å². The molecule has 0 aliphatic heterocycles. The second-order valence-electron chi connectivity index (χ2n) is 6.95. The average molecular weight is 459 g/mol. The second-order valence-corrected chi connectivity index (χ2v) is 10.3. The summed E-state index contributed by atoms with van der Waals surface area (Å²) in [7, 11) is -3.93. The highest BCUT2D eigenvalue weighted by atomic mass is 35.5. The fourth-order valence-corrected chi connectivity index (χ4v) is 6.02. The number of aromatic nitrogens is 1. The quantitative estimate of drug-likeness (QED) is 0.444. The molecule has 0 unspecified atom stereocenters. The molecule has 5 nitrogen and oxygen atoms in total. The van der Waals surface area contributed by atoms with E-state index in [1.807, 2.05) is 42.6 Å². The highest BCUT2D eigenvalue weighted by Crippen LogP contribution is 2.28. The Bertz CT molecular complexity index is 1360. The van der Waals surface area contributed by atoms with E-state index >= 15 is 0 Å². The summed E-state index contributed by atoms with van der Waals surface area (Å²) in [5, 5.41) is 2.90. The van der Waals surface area contributed by atoms with Crippen LogP contribution in [0.25, 0.3) is 10.9 Å². The lowest BCUT2D eigenvalue weighted by Crippen LogP contribution is -2.32. The summed E-state index contributed by atoms with van der Waals surface area (Å²) in [6.45, 7) is 2.00. The number of sulfonamides is 1. The Labute approximate surface area is 183 Å². The van der Waals surface area contributed by atoms with E-state index in [0.29, 0.717) is 5.56 Å². The van der Waals surface area contributed by atoms with Crippen molar-refractivity contribution < 1.29 is 8.42 Å². The zero-order valence-electron chi connectivity index (χ0n) is 16.1. The molecule has 0 atom stereocenters. The fourth-order valence-electron chi connectivity index (χ4n) is 3.33. The van der Waals surface area contributed by atoms with Crippen LogP contribution in [-0.4, -0.2) is 17.7 Å². The van der Waals surface area contributed by atoms with Crippen LogP contribution in [0.2, 0.25) is 5.02 Å². The van der Waals surface area contributed by atoms with Gasteiger partial charge in [-0.05, 0) is 47.5 Å². The molecule has 0 aliphatic rings. The van der Waals surface area contributed by atoms with Gasteiger partial charge in [0.15, 0.2) is 0 Å². The van der Waals surface area contributed by atoms with Gasteiger partial charge in [-0.2, -0.15) is 4.31 Å². The molecule has 0 aliphatic carbocycles. The number of nitrogens with one attached hydrogen (secondary N) is 1. The largest absolute Gasteiger partial charge is 0.321 e. The van der Waals surface area contributed by atoms with E-state index in [4.69, 9.17) is 11.6 Å². The molecule has 1 N–H and O–H groups in total. The molecule has 154 valence electrons. The number of pyridine rings is 1. The SMILES string of the molecule is Cc1cccc2cc(CN(Cc3cccs3)S(=O)(=O)c3ccccc3Cl)c(=O)[nH]c12. The number of hydrogen-bond acceptors (Lipinski definition) is 4. The predicted molar refractivity (Wildman–Crippen MR) is 122 cm³/mol. The molecular formula is C22H19ClN2O3S2. The molecule has 0 radical (unpaired) electrons. The van der Waals surface area contributed by atoms with Gasteiger partial charge in [0, 0.05) is 23.5 Å². The van der Waals surface area contributed by atoms with Gasteiger partial charge in [0.1, 0.15) is 4.90 Å². The molecule has 0 saturated heterocycles. The number of nitrogens with zero attached hydrogens (tertiary/aromatic N) is 1. The number of para-hydroxylation sites is 1. The van der Waals surface area contributed by atoms with Crippen molar-refractivity contribution in [2.45, 2.75) is 24.9 Å². The van der Waals surface area contributed by atoms with Gasteiger partial charge in [-0.1, -0.05) is 48.0 Å². The van der Waals surface area contributed by atoms with Crippen LogP contribution < -0.4 is 5.56 Å². The maximum Gasteiger partial charge on any atom is 0.252 e. The summed E-state index contributed by atoms with van der Waals surface area (Å²) < 4.78 is 28.2. The minimum Gasteiger partial charge on any atom is -0.321 e. The lowest BCUT2D eigenvalue weighted by atomic mass is 10.1. The molecule has 0 bridgehead atoms. The van der Waals surface area contributed by atoms with Gasteiger partial charge in [0.2, 0.25) is 10.0 Å². The van der Waals surface area contributed by atoms with Gasteiger partial charge in [0.25, 0.3) is 5.56 Å². The maximum atomic E-state index is 13.4. The summed E-state index contributed by atoms with van der Waals surface area (Å²) in [5.74, 6) is 0. The topological polar surface area (TPSA) is 70.2 Å². The Balaban J connectivity index is 1.80. The lowest BCUT2D eigenvalue weighted by Gasteiger charge is -2.22. The van der Waals surface area contributed by atoms with E-state index in [-0.39, 0.29) is 28.6 Å². The third kappa shape index (κ3) is 4.06. The average Bonchev–Trinajstić information content (AvgIpc) is 3.22. The van der Waals surface area contributed by atoms with Crippen LogP contribution in [0.5, 0.6) is 0 Å². The number of H-pyrrole nitrogens is 1. The predicted octanol–water partition coefficient (Wildman–Crippen LogP) is 4.94. The lowest BCUT2D eigenvalue weighted by molar-refractivity contribution is 0.402. The van der Waals surface area contributed by atoms with Crippen molar-refractivity contribution in [1.82, 2.24) is 9.29 Å². The highest BCUT2D eigenvalue weighted by Gasteiger charge is 2.28. The van der Waals surface area contributed by atoms with Crippen LogP contribution in [0.15, 0.2) is 75.7 Å². The molecule has 0 fully saturated rings. The first-order valence-corrected chi connectivity index (χ1v) is 11.9. The Morgan fingerprint density at radius 3 is 2.57 bits per heavy atom. The van der Waals surface area contributed by atoms with E-state index in [2.05, 4.69) is 4.98 Å². The molecule has 0 amide bonds. The summed E-state index contributed by atoms with van der Waals surface area (Å²) in [6, 6.07) is 17.6. The smallest absolute Gasteiger partial charge is 0.252 e. The molecule has 0 saturated carbocycles. The zero-order chi connectivity index (χ0) is 21.3. The molecule has 30 heavy (non-hydrogen) atoms. The Kier molecular flexibility index (Phi) is 5.79. The molecule has 2 aromatic heterocycles. The van der Waals surface area contributed by atoms with Crippen LogP contribution >= 0.6 is 22.9 Å². The Hall–Kier alpha value is -2.45. The third-order valence-electron chi connectivity index (χ3n) is 4.88. The Morgan fingerprint density at radius 2 is 1.83 bits per heavy atom. The molecule has 4 aromatic rings. The van der Waals surface area contributed by atoms with E-state index in [0.717, 1.165) is 21.3 Å². The van der Waals surface area contributed by atoms with Crippen LogP contribution in [-0.2, 0) is 23.1 Å². The minimum absolute atomic E-state index is 0.0243. The van der Waals surface area contributed by atoms with E-state index < -0.39 is 10.0 Å². The van der Waals surface area contributed by atoms with Crippen molar-refractivity contribution in [3.63, 3.8) is 0 Å². The number of thiophene rings is 1.